The lowest BCUT2D eigenvalue weighted by Crippen LogP contribution is -2.56. The Balaban J connectivity index is 1.47. The molecule has 0 aromatic heterocycles. The summed E-state index contributed by atoms with van der Waals surface area (Å²) in [4.78, 5) is 5.48. The molecule has 1 N–H and O–H groups in total. The molecule has 0 aromatic carbocycles. The average Bonchev–Trinajstić information content (AvgIpc) is 3.11. The zero-order valence-corrected chi connectivity index (χ0v) is 12.7. The zero-order valence-electron chi connectivity index (χ0n) is 12.7. The Kier molecular flexibility index (Phi) is 4.45. The second-order valence-corrected chi connectivity index (χ2v) is 6.91. The highest BCUT2D eigenvalue weighted by atomic mass is 15.3. The highest BCUT2D eigenvalue weighted by molar-refractivity contribution is 4.95. The standard InChI is InChI=1S/C16H31N3/c1-2-16(8-5-9-17-16)14-18-10-12-19(13-11-18)15-6-3-4-7-15/h15,17H,2-14H2,1H3. The molecule has 0 spiro atoms. The van der Waals surface area contributed by atoms with Crippen LogP contribution in [0.2, 0.25) is 0 Å². The predicted molar refractivity (Wildman–Crippen MR) is 80.5 cm³/mol. The Bertz CT molecular complexity index is 272. The molecular formula is C16H31N3. The van der Waals surface area contributed by atoms with Gasteiger partial charge >= 0.3 is 0 Å². The SMILES string of the molecule is CCC1(CN2CCN(C3CCCC3)CC2)CCCN1. The molecule has 2 aliphatic heterocycles. The van der Waals surface area contributed by atoms with Crippen LogP contribution in [0.15, 0.2) is 0 Å². The van der Waals surface area contributed by atoms with Gasteiger partial charge in [-0.05, 0) is 38.6 Å². The molecule has 1 saturated carbocycles. The van der Waals surface area contributed by atoms with E-state index in [0.717, 1.165) is 6.04 Å². The fourth-order valence-electron chi connectivity index (χ4n) is 4.40. The molecular weight excluding hydrogens is 234 g/mol. The minimum Gasteiger partial charge on any atom is -0.310 e. The lowest BCUT2D eigenvalue weighted by molar-refractivity contribution is 0.0780. The van der Waals surface area contributed by atoms with Crippen LogP contribution in [0.25, 0.3) is 0 Å². The minimum atomic E-state index is 0.440. The zero-order chi connectivity index (χ0) is 13.1. The third kappa shape index (κ3) is 3.14. The lowest BCUT2D eigenvalue weighted by Gasteiger charge is -2.42. The van der Waals surface area contributed by atoms with Crippen LogP contribution in [0.4, 0.5) is 0 Å². The van der Waals surface area contributed by atoms with Crippen molar-refractivity contribution in [3.05, 3.63) is 0 Å². The number of piperazine rings is 1. The number of nitrogens with one attached hydrogen (secondary N) is 1. The van der Waals surface area contributed by atoms with Crippen LogP contribution in [0.3, 0.4) is 0 Å². The molecule has 1 aliphatic carbocycles. The molecule has 3 fully saturated rings. The molecule has 1 unspecified atom stereocenters. The van der Waals surface area contributed by atoms with E-state index in [9.17, 15) is 0 Å². The third-order valence-electron chi connectivity index (χ3n) is 5.78. The van der Waals surface area contributed by atoms with Crippen molar-refractivity contribution in [1.29, 1.82) is 0 Å². The van der Waals surface area contributed by atoms with Gasteiger partial charge in [0.2, 0.25) is 0 Å². The van der Waals surface area contributed by atoms with Crippen molar-refractivity contribution in [3.8, 4) is 0 Å². The summed E-state index contributed by atoms with van der Waals surface area (Å²) < 4.78 is 0. The van der Waals surface area contributed by atoms with E-state index in [4.69, 9.17) is 0 Å². The van der Waals surface area contributed by atoms with Crippen LogP contribution in [0.5, 0.6) is 0 Å². The molecule has 1 atom stereocenters. The molecule has 0 bridgehead atoms. The van der Waals surface area contributed by atoms with Crippen LogP contribution in [-0.2, 0) is 0 Å². The molecule has 2 saturated heterocycles. The van der Waals surface area contributed by atoms with Crippen LogP contribution in [0, 0.1) is 0 Å². The first-order valence-electron chi connectivity index (χ1n) is 8.53. The largest absolute Gasteiger partial charge is 0.310 e. The number of rotatable bonds is 4. The Hall–Kier alpha value is -0.120. The first kappa shape index (κ1) is 13.8. The molecule has 2 heterocycles. The number of hydrogen-bond donors (Lipinski definition) is 1. The second kappa shape index (κ2) is 6.11. The Morgan fingerprint density at radius 1 is 1.05 bits per heavy atom. The van der Waals surface area contributed by atoms with Gasteiger partial charge in [-0.15, -0.1) is 0 Å². The van der Waals surface area contributed by atoms with Gasteiger partial charge in [-0.1, -0.05) is 19.8 Å². The van der Waals surface area contributed by atoms with Gasteiger partial charge in [-0.25, -0.2) is 0 Å². The van der Waals surface area contributed by atoms with Gasteiger partial charge < -0.3 is 5.32 Å². The number of hydrogen-bond acceptors (Lipinski definition) is 3. The highest BCUT2D eigenvalue weighted by Gasteiger charge is 2.35. The van der Waals surface area contributed by atoms with Crippen molar-refractivity contribution in [3.63, 3.8) is 0 Å². The van der Waals surface area contributed by atoms with Crippen molar-refractivity contribution in [2.75, 3.05) is 39.3 Å². The van der Waals surface area contributed by atoms with Gasteiger partial charge in [0.15, 0.2) is 0 Å². The lowest BCUT2D eigenvalue weighted by atomic mass is 9.93. The van der Waals surface area contributed by atoms with E-state index in [2.05, 4.69) is 22.0 Å². The first-order valence-corrected chi connectivity index (χ1v) is 8.53. The third-order valence-corrected chi connectivity index (χ3v) is 5.78. The highest BCUT2D eigenvalue weighted by Crippen LogP contribution is 2.27. The van der Waals surface area contributed by atoms with E-state index in [1.165, 1.54) is 84.2 Å². The molecule has 0 amide bonds. The maximum atomic E-state index is 3.78. The van der Waals surface area contributed by atoms with E-state index < -0.39 is 0 Å². The van der Waals surface area contributed by atoms with Crippen molar-refractivity contribution in [1.82, 2.24) is 15.1 Å². The summed E-state index contributed by atoms with van der Waals surface area (Å²) in [7, 11) is 0. The fourth-order valence-corrected chi connectivity index (χ4v) is 4.40. The average molecular weight is 265 g/mol. The van der Waals surface area contributed by atoms with Crippen molar-refractivity contribution in [2.45, 2.75) is 63.5 Å². The molecule has 110 valence electrons. The summed E-state index contributed by atoms with van der Waals surface area (Å²) in [6.07, 6.45) is 9.89. The summed E-state index contributed by atoms with van der Waals surface area (Å²) in [6.45, 7) is 10.1. The molecule has 19 heavy (non-hydrogen) atoms. The first-order chi connectivity index (χ1) is 9.31. The Labute approximate surface area is 118 Å². The Morgan fingerprint density at radius 3 is 2.37 bits per heavy atom. The maximum Gasteiger partial charge on any atom is 0.0306 e. The van der Waals surface area contributed by atoms with E-state index in [1.54, 1.807) is 0 Å². The second-order valence-electron chi connectivity index (χ2n) is 6.91. The van der Waals surface area contributed by atoms with Gasteiger partial charge in [0, 0.05) is 44.3 Å². The minimum absolute atomic E-state index is 0.440. The summed E-state index contributed by atoms with van der Waals surface area (Å²) in [6, 6.07) is 0.923. The van der Waals surface area contributed by atoms with E-state index in [-0.39, 0.29) is 0 Å². The number of nitrogens with zero attached hydrogens (tertiary/aromatic N) is 2. The molecule has 3 nitrogen and oxygen atoms in total. The predicted octanol–water partition coefficient (Wildman–Crippen LogP) is 2.08. The van der Waals surface area contributed by atoms with Gasteiger partial charge in [0.05, 0.1) is 0 Å². The van der Waals surface area contributed by atoms with Crippen molar-refractivity contribution < 1.29 is 0 Å². The summed E-state index contributed by atoms with van der Waals surface area (Å²) in [5.74, 6) is 0. The van der Waals surface area contributed by atoms with Gasteiger partial charge in [-0.2, -0.15) is 0 Å². The topological polar surface area (TPSA) is 18.5 Å². The molecule has 3 heteroatoms. The van der Waals surface area contributed by atoms with Crippen LogP contribution in [0.1, 0.15) is 51.9 Å². The summed E-state index contributed by atoms with van der Waals surface area (Å²) >= 11 is 0. The Morgan fingerprint density at radius 2 is 1.79 bits per heavy atom. The fraction of sp³-hybridized carbons (Fsp3) is 1.00. The van der Waals surface area contributed by atoms with E-state index in [1.807, 2.05) is 0 Å². The van der Waals surface area contributed by atoms with Gasteiger partial charge in [-0.3, -0.25) is 9.80 Å². The summed E-state index contributed by atoms with van der Waals surface area (Å²) in [5.41, 5.74) is 0.440. The molecule has 3 rings (SSSR count). The quantitative estimate of drug-likeness (QED) is 0.839. The van der Waals surface area contributed by atoms with E-state index >= 15 is 0 Å². The van der Waals surface area contributed by atoms with Gasteiger partial charge in [0.25, 0.3) is 0 Å². The normalized spacial score (nSPS) is 35.2. The van der Waals surface area contributed by atoms with Crippen LogP contribution in [-0.4, -0.2) is 60.6 Å². The molecule has 3 aliphatic rings. The van der Waals surface area contributed by atoms with Crippen LogP contribution >= 0.6 is 0 Å². The molecule has 0 aromatic rings. The van der Waals surface area contributed by atoms with Crippen LogP contribution < -0.4 is 5.32 Å². The smallest absolute Gasteiger partial charge is 0.0306 e. The molecule has 0 radical (unpaired) electrons. The van der Waals surface area contributed by atoms with Gasteiger partial charge in [0.1, 0.15) is 0 Å². The summed E-state index contributed by atoms with van der Waals surface area (Å²) in [5, 5.41) is 3.78. The van der Waals surface area contributed by atoms with E-state index in [0.29, 0.717) is 5.54 Å². The van der Waals surface area contributed by atoms with Crippen molar-refractivity contribution >= 4 is 0 Å². The monoisotopic (exact) mass is 265 g/mol. The van der Waals surface area contributed by atoms with Crippen molar-refractivity contribution in [2.24, 2.45) is 0 Å². The maximum absolute atomic E-state index is 3.78.